The van der Waals surface area contributed by atoms with Gasteiger partial charge in [-0.1, -0.05) is 78.9 Å². The molecule has 2 amide bonds. The van der Waals surface area contributed by atoms with Crippen LogP contribution in [0.25, 0.3) is 0 Å². The molecule has 0 aliphatic rings. The molecule has 0 aromatic heterocycles. The predicted octanol–water partition coefficient (Wildman–Crippen LogP) is 5.47. The number of nitrogens with zero attached hydrogens (tertiary/aromatic N) is 1. The van der Waals surface area contributed by atoms with Crippen LogP contribution in [0.2, 0.25) is 0 Å². The SMILES string of the molecule is COc1ccc(CC(=O)N(Cc2ccc(F)cc2)[C@H](C(=O)NCc2ccccc2)c2ccccc2)cc1OC. The summed E-state index contributed by atoms with van der Waals surface area (Å²) in [5.74, 6) is 0.109. The molecular formula is C32H31FN2O4. The third kappa shape index (κ3) is 7.23. The van der Waals surface area contributed by atoms with Gasteiger partial charge in [0.1, 0.15) is 11.9 Å². The minimum Gasteiger partial charge on any atom is -0.493 e. The number of benzene rings is 4. The number of methoxy groups -OCH3 is 2. The Labute approximate surface area is 228 Å². The third-order valence-electron chi connectivity index (χ3n) is 6.37. The number of hydrogen-bond acceptors (Lipinski definition) is 4. The highest BCUT2D eigenvalue weighted by Crippen LogP contribution is 2.29. The molecule has 0 heterocycles. The van der Waals surface area contributed by atoms with Gasteiger partial charge in [-0.2, -0.15) is 0 Å². The largest absolute Gasteiger partial charge is 0.493 e. The van der Waals surface area contributed by atoms with Gasteiger partial charge in [0.2, 0.25) is 11.8 Å². The van der Waals surface area contributed by atoms with Crippen molar-refractivity contribution in [2.24, 2.45) is 0 Å². The molecule has 6 nitrogen and oxygen atoms in total. The van der Waals surface area contributed by atoms with Crippen molar-refractivity contribution in [2.75, 3.05) is 14.2 Å². The average molecular weight is 527 g/mol. The lowest BCUT2D eigenvalue weighted by Crippen LogP contribution is -2.43. The van der Waals surface area contributed by atoms with Gasteiger partial charge in [0.25, 0.3) is 0 Å². The second-order valence-electron chi connectivity index (χ2n) is 9.03. The van der Waals surface area contributed by atoms with Crippen LogP contribution < -0.4 is 14.8 Å². The second-order valence-corrected chi connectivity index (χ2v) is 9.03. The van der Waals surface area contributed by atoms with Crippen LogP contribution >= 0.6 is 0 Å². The molecule has 0 bridgehead atoms. The topological polar surface area (TPSA) is 67.9 Å². The molecule has 0 aliphatic heterocycles. The first kappa shape index (κ1) is 27.4. The lowest BCUT2D eigenvalue weighted by atomic mass is 10.0. The molecule has 1 atom stereocenters. The van der Waals surface area contributed by atoms with E-state index in [4.69, 9.17) is 9.47 Å². The van der Waals surface area contributed by atoms with Crippen molar-refractivity contribution in [1.29, 1.82) is 0 Å². The summed E-state index contributed by atoms with van der Waals surface area (Å²) in [4.78, 5) is 29.2. The van der Waals surface area contributed by atoms with E-state index in [9.17, 15) is 14.0 Å². The molecule has 0 saturated carbocycles. The van der Waals surface area contributed by atoms with Gasteiger partial charge < -0.3 is 19.7 Å². The number of carbonyl (C=O) groups is 2. The molecule has 0 radical (unpaired) electrons. The summed E-state index contributed by atoms with van der Waals surface area (Å²) in [6.07, 6.45) is 0.0247. The highest BCUT2D eigenvalue weighted by molar-refractivity contribution is 5.89. The van der Waals surface area contributed by atoms with Gasteiger partial charge in [0, 0.05) is 13.1 Å². The van der Waals surface area contributed by atoms with Gasteiger partial charge in [-0.05, 0) is 46.5 Å². The van der Waals surface area contributed by atoms with Gasteiger partial charge in [-0.15, -0.1) is 0 Å². The molecule has 4 aromatic rings. The minimum atomic E-state index is -0.910. The van der Waals surface area contributed by atoms with Gasteiger partial charge in [-0.25, -0.2) is 4.39 Å². The van der Waals surface area contributed by atoms with Crippen molar-refractivity contribution < 1.29 is 23.5 Å². The Hall–Kier alpha value is -4.65. The molecule has 39 heavy (non-hydrogen) atoms. The summed E-state index contributed by atoms with van der Waals surface area (Å²) in [6, 6.07) is 29.1. The number of ether oxygens (including phenoxy) is 2. The Balaban J connectivity index is 1.68. The highest BCUT2D eigenvalue weighted by Gasteiger charge is 2.31. The highest BCUT2D eigenvalue weighted by atomic mass is 19.1. The first-order valence-electron chi connectivity index (χ1n) is 12.6. The number of carbonyl (C=O) groups excluding carboxylic acids is 2. The van der Waals surface area contributed by atoms with Crippen molar-refractivity contribution in [2.45, 2.75) is 25.6 Å². The van der Waals surface area contributed by atoms with Crippen LogP contribution in [-0.4, -0.2) is 30.9 Å². The fraction of sp³-hybridized carbons (Fsp3) is 0.188. The zero-order valence-corrected chi connectivity index (χ0v) is 22.0. The molecule has 200 valence electrons. The molecule has 0 spiro atoms. The fourth-order valence-electron chi connectivity index (χ4n) is 4.37. The zero-order chi connectivity index (χ0) is 27.6. The van der Waals surface area contributed by atoms with Crippen LogP contribution in [0.4, 0.5) is 4.39 Å². The van der Waals surface area contributed by atoms with Crippen molar-refractivity contribution in [3.8, 4) is 11.5 Å². The van der Waals surface area contributed by atoms with E-state index >= 15 is 0 Å². The van der Waals surface area contributed by atoms with Crippen molar-refractivity contribution in [3.05, 3.63) is 131 Å². The first-order valence-corrected chi connectivity index (χ1v) is 12.6. The summed E-state index contributed by atoms with van der Waals surface area (Å²) in [5.41, 5.74) is 3.03. The molecule has 0 fully saturated rings. The summed E-state index contributed by atoms with van der Waals surface area (Å²) in [5, 5.41) is 3.00. The summed E-state index contributed by atoms with van der Waals surface area (Å²) in [7, 11) is 3.08. The predicted molar refractivity (Wildman–Crippen MR) is 148 cm³/mol. The number of rotatable bonds is 11. The fourth-order valence-corrected chi connectivity index (χ4v) is 4.37. The molecular weight excluding hydrogens is 495 g/mol. The van der Waals surface area contributed by atoms with Crippen molar-refractivity contribution in [3.63, 3.8) is 0 Å². The van der Waals surface area contributed by atoms with E-state index in [2.05, 4.69) is 5.32 Å². The normalized spacial score (nSPS) is 11.4. The average Bonchev–Trinajstić information content (AvgIpc) is 2.97. The minimum absolute atomic E-state index is 0.0247. The van der Waals surface area contributed by atoms with Crippen LogP contribution in [0.15, 0.2) is 103 Å². The van der Waals surface area contributed by atoms with Crippen molar-refractivity contribution in [1.82, 2.24) is 10.2 Å². The molecule has 0 unspecified atom stereocenters. The lowest BCUT2D eigenvalue weighted by Gasteiger charge is -2.32. The molecule has 4 aromatic carbocycles. The molecule has 0 saturated heterocycles. The standard InChI is InChI=1S/C32H31FN2O4/c1-38-28-18-15-25(19-29(28)39-2)20-30(36)35(22-24-13-16-27(33)17-14-24)31(26-11-7-4-8-12-26)32(37)34-21-23-9-5-3-6-10-23/h3-19,31H,20-22H2,1-2H3,(H,34,37)/t31-/m0/s1. The van der Waals surface area contributed by atoms with E-state index in [0.29, 0.717) is 34.7 Å². The zero-order valence-electron chi connectivity index (χ0n) is 22.0. The van der Waals surface area contributed by atoms with E-state index in [-0.39, 0.29) is 30.6 Å². The van der Waals surface area contributed by atoms with Crippen LogP contribution in [0.3, 0.4) is 0 Å². The Morgan fingerprint density at radius 2 is 1.38 bits per heavy atom. The van der Waals surface area contributed by atoms with E-state index in [1.54, 1.807) is 42.3 Å². The molecule has 4 rings (SSSR count). The van der Waals surface area contributed by atoms with E-state index in [1.807, 2.05) is 60.7 Å². The Bertz CT molecular complexity index is 1380. The lowest BCUT2D eigenvalue weighted by molar-refractivity contribution is -0.141. The molecule has 1 N–H and O–H groups in total. The summed E-state index contributed by atoms with van der Waals surface area (Å²) >= 11 is 0. The van der Waals surface area contributed by atoms with Gasteiger partial charge in [-0.3, -0.25) is 9.59 Å². The second kappa shape index (κ2) is 13.2. The quantitative estimate of drug-likeness (QED) is 0.281. The third-order valence-corrected chi connectivity index (χ3v) is 6.37. The van der Waals surface area contributed by atoms with Gasteiger partial charge in [0.05, 0.1) is 20.6 Å². The summed E-state index contributed by atoms with van der Waals surface area (Å²) < 4.78 is 24.4. The van der Waals surface area contributed by atoms with Gasteiger partial charge in [0.15, 0.2) is 11.5 Å². The number of halogens is 1. The Morgan fingerprint density at radius 3 is 2.03 bits per heavy atom. The summed E-state index contributed by atoms with van der Waals surface area (Å²) in [6.45, 7) is 0.433. The smallest absolute Gasteiger partial charge is 0.247 e. The van der Waals surface area contributed by atoms with Gasteiger partial charge >= 0.3 is 0 Å². The Morgan fingerprint density at radius 1 is 0.769 bits per heavy atom. The number of nitrogens with one attached hydrogen (secondary N) is 1. The van der Waals surface area contributed by atoms with Crippen LogP contribution in [0.5, 0.6) is 11.5 Å². The van der Waals surface area contributed by atoms with E-state index in [0.717, 1.165) is 5.56 Å². The number of hydrogen-bond donors (Lipinski definition) is 1. The van der Waals surface area contributed by atoms with Crippen molar-refractivity contribution >= 4 is 11.8 Å². The van der Waals surface area contributed by atoms with Crippen LogP contribution in [0, 0.1) is 5.82 Å². The first-order chi connectivity index (χ1) is 19.0. The number of amides is 2. The van der Waals surface area contributed by atoms with E-state index in [1.165, 1.54) is 19.2 Å². The molecule has 7 heteroatoms. The Kier molecular flexibility index (Phi) is 9.29. The van der Waals surface area contributed by atoms with Crippen LogP contribution in [-0.2, 0) is 29.1 Å². The maximum atomic E-state index is 13.9. The molecule has 0 aliphatic carbocycles. The van der Waals surface area contributed by atoms with E-state index < -0.39 is 6.04 Å². The van der Waals surface area contributed by atoms with Crippen LogP contribution in [0.1, 0.15) is 28.3 Å². The maximum absolute atomic E-state index is 13.9. The maximum Gasteiger partial charge on any atom is 0.247 e. The monoisotopic (exact) mass is 526 g/mol.